The van der Waals surface area contributed by atoms with Crippen LogP contribution in [0.5, 0.6) is 0 Å². The topological polar surface area (TPSA) is 43.4 Å². The molecule has 3 aromatic carbocycles. The van der Waals surface area contributed by atoms with Crippen molar-refractivity contribution in [3.63, 3.8) is 0 Å². The van der Waals surface area contributed by atoms with Crippen LogP contribution in [-0.2, 0) is 14.3 Å². The highest BCUT2D eigenvalue weighted by atomic mass is 16.5. The van der Waals surface area contributed by atoms with Crippen molar-refractivity contribution in [2.75, 3.05) is 0 Å². The standard InChI is InChI=1S/C29H24O3/c30-19-18-23(17-16-22-10-4-1-5-11-22)20-26(24-12-6-2-7-13-24)27-21-28(32-29(27)31)25-14-8-3-9-15-25/h1-17,19,21,23H,18,20H2/b17-16+,27-26+/t23-/m1/s1. The SMILES string of the molecule is O=CC[C@@H](/C=C/c1ccccc1)C/C(=C1/C=C(c2ccccc2)OC1=O)c1ccccc1. The molecule has 0 bridgehead atoms. The first kappa shape index (κ1) is 21.3. The monoisotopic (exact) mass is 420 g/mol. The van der Waals surface area contributed by atoms with Gasteiger partial charge in [0.05, 0.1) is 5.57 Å². The molecule has 0 saturated carbocycles. The van der Waals surface area contributed by atoms with E-state index in [1.165, 1.54) is 0 Å². The van der Waals surface area contributed by atoms with Gasteiger partial charge >= 0.3 is 5.97 Å². The van der Waals surface area contributed by atoms with Gasteiger partial charge in [-0.15, -0.1) is 0 Å². The van der Waals surface area contributed by atoms with Crippen molar-refractivity contribution >= 4 is 29.7 Å². The molecule has 3 aromatic rings. The molecular formula is C29H24O3. The van der Waals surface area contributed by atoms with Gasteiger partial charge in [0.15, 0.2) is 0 Å². The maximum absolute atomic E-state index is 12.9. The van der Waals surface area contributed by atoms with E-state index in [9.17, 15) is 9.59 Å². The summed E-state index contributed by atoms with van der Waals surface area (Å²) >= 11 is 0. The zero-order chi connectivity index (χ0) is 22.2. The maximum Gasteiger partial charge on any atom is 0.343 e. The normalized spacial score (nSPS) is 15.9. The number of esters is 1. The summed E-state index contributed by atoms with van der Waals surface area (Å²) in [7, 11) is 0. The predicted molar refractivity (Wildman–Crippen MR) is 128 cm³/mol. The van der Waals surface area contributed by atoms with E-state index in [4.69, 9.17) is 4.74 Å². The number of hydrogen-bond acceptors (Lipinski definition) is 3. The van der Waals surface area contributed by atoms with Crippen molar-refractivity contribution in [1.29, 1.82) is 0 Å². The lowest BCUT2D eigenvalue weighted by molar-refractivity contribution is -0.130. The molecule has 0 radical (unpaired) electrons. The van der Waals surface area contributed by atoms with E-state index in [0.717, 1.165) is 28.5 Å². The Labute approximate surface area is 188 Å². The molecule has 1 aliphatic heterocycles. The van der Waals surface area contributed by atoms with Gasteiger partial charge in [-0.25, -0.2) is 4.79 Å². The van der Waals surface area contributed by atoms with E-state index in [-0.39, 0.29) is 11.9 Å². The number of rotatable bonds is 8. The first-order valence-electron chi connectivity index (χ1n) is 10.7. The Bertz CT molecular complexity index is 1160. The molecule has 0 aliphatic carbocycles. The van der Waals surface area contributed by atoms with Crippen molar-refractivity contribution in [2.45, 2.75) is 12.8 Å². The molecule has 158 valence electrons. The summed E-state index contributed by atoms with van der Waals surface area (Å²) in [5, 5.41) is 0. The minimum absolute atomic E-state index is 0.0441. The lowest BCUT2D eigenvalue weighted by Gasteiger charge is -2.15. The minimum Gasteiger partial charge on any atom is -0.422 e. The van der Waals surface area contributed by atoms with Crippen LogP contribution in [0.1, 0.15) is 29.5 Å². The molecule has 0 amide bonds. The average molecular weight is 421 g/mol. The van der Waals surface area contributed by atoms with Gasteiger partial charge in [0.1, 0.15) is 12.0 Å². The van der Waals surface area contributed by atoms with Crippen LogP contribution in [0.4, 0.5) is 0 Å². The Balaban J connectivity index is 1.72. The maximum atomic E-state index is 12.9. The molecule has 3 heteroatoms. The molecule has 0 spiro atoms. The Morgan fingerprint density at radius 2 is 1.47 bits per heavy atom. The van der Waals surface area contributed by atoms with Gasteiger partial charge in [-0.05, 0) is 35.1 Å². The number of carbonyl (C=O) groups excluding carboxylic acids is 2. The fraction of sp³-hybridized carbons (Fsp3) is 0.103. The first-order valence-corrected chi connectivity index (χ1v) is 10.7. The van der Waals surface area contributed by atoms with E-state index < -0.39 is 0 Å². The number of benzene rings is 3. The molecule has 0 unspecified atom stereocenters. The van der Waals surface area contributed by atoms with Gasteiger partial charge < -0.3 is 9.53 Å². The second-order valence-electron chi connectivity index (χ2n) is 7.66. The van der Waals surface area contributed by atoms with E-state index in [1.54, 1.807) is 0 Å². The fourth-order valence-electron chi connectivity index (χ4n) is 3.78. The molecule has 1 atom stereocenters. The molecule has 0 N–H and O–H groups in total. The second kappa shape index (κ2) is 10.4. The van der Waals surface area contributed by atoms with Crippen LogP contribution in [0.15, 0.2) is 109 Å². The Morgan fingerprint density at radius 3 is 2.12 bits per heavy atom. The highest BCUT2D eigenvalue weighted by Crippen LogP contribution is 2.35. The largest absolute Gasteiger partial charge is 0.422 e. The van der Waals surface area contributed by atoms with E-state index in [1.807, 2.05) is 103 Å². The van der Waals surface area contributed by atoms with Crippen LogP contribution < -0.4 is 0 Å². The van der Waals surface area contributed by atoms with Crippen molar-refractivity contribution in [3.8, 4) is 0 Å². The van der Waals surface area contributed by atoms with Gasteiger partial charge in [-0.2, -0.15) is 0 Å². The summed E-state index contributed by atoms with van der Waals surface area (Å²) in [6.45, 7) is 0. The van der Waals surface area contributed by atoms with Crippen LogP contribution in [0, 0.1) is 5.92 Å². The third-order valence-corrected chi connectivity index (χ3v) is 5.43. The first-order chi connectivity index (χ1) is 15.7. The van der Waals surface area contributed by atoms with Crippen molar-refractivity contribution in [2.24, 2.45) is 5.92 Å². The second-order valence-corrected chi connectivity index (χ2v) is 7.66. The summed E-state index contributed by atoms with van der Waals surface area (Å²) < 4.78 is 5.61. The Morgan fingerprint density at radius 1 is 0.844 bits per heavy atom. The molecule has 1 aliphatic rings. The smallest absolute Gasteiger partial charge is 0.343 e. The average Bonchev–Trinajstić information content (AvgIpc) is 3.24. The molecular weight excluding hydrogens is 396 g/mol. The number of aldehydes is 1. The van der Waals surface area contributed by atoms with Crippen LogP contribution in [-0.4, -0.2) is 12.3 Å². The highest BCUT2D eigenvalue weighted by Gasteiger charge is 2.26. The quantitative estimate of drug-likeness (QED) is 0.242. The number of cyclic esters (lactones) is 1. The summed E-state index contributed by atoms with van der Waals surface area (Å²) in [6.07, 6.45) is 7.76. The van der Waals surface area contributed by atoms with Gasteiger partial charge in [0.25, 0.3) is 0 Å². The molecule has 0 fully saturated rings. The summed E-state index contributed by atoms with van der Waals surface area (Å²) in [6, 6.07) is 29.4. The van der Waals surface area contributed by atoms with Crippen LogP contribution in [0.3, 0.4) is 0 Å². The third kappa shape index (κ3) is 5.19. The van der Waals surface area contributed by atoms with Gasteiger partial charge in [-0.1, -0.05) is 103 Å². The van der Waals surface area contributed by atoms with Crippen molar-refractivity contribution in [1.82, 2.24) is 0 Å². The zero-order valence-electron chi connectivity index (χ0n) is 17.7. The molecule has 4 rings (SSSR count). The molecule has 32 heavy (non-hydrogen) atoms. The third-order valence-electron chi connectivity index (χ3n) is 5.43. The number of carbonyl (C=O) groups is 2. The van der Waals surface area contributed by atoms with Gasteiger partial charge in [0, 0.05) is 12.0 Å². The number of ether oxygens (including phenoxy) is 1. The molecule has 1 heterocycles. The number of hydrogen-bond donors (Lipinski definition) is 0. The molecule has 3 nitrogen and oxygen atoms in total. The van der Waals surface area contributed by atoms with Gasteiger partial charge in [-0.3, -0.25) is 0 Å². The zero-order valence-corrected chi connectivity index (χ0v) is 17.7. The van der Waals surface area contributed by atoms with Crippen LogP contribution >= 0.6 is 0 Å². The molecule has 0 aromatic heterocycles. The van der Waals surface area contributed by atoms with Gasteiger partial charge in [0.2, 0.25) is 0 Å². The van der Waals surface area contributed by atoms with Crippen molar-refractivity contribution in [3.05, 3.63) is 125 Å². The summed E-state index contributed by atoms with van der Waals surface area (Å²) in [4.78, 5) is 24.3. The van der Waals surface area contributed by atoms with E-state index >= 15 is 0 Å². The Kier molecular flexibility index (Phi) is 6.88. The van der Waals surface area contributed by atoms with Crippen LogP contribution in [0.25, 0.3) is 17.4 Å². The van der Waals surface area contributed by atoms with Crippen LogP contribution in [0.2, 0.25) is 0 Å². The van der Waals surface area contributed by atoms with E-state index in [0.29, 0.717) is 24.2 Å². The van der Waals surface area contributed by atoms with E-state index in [2.05, 4.69) is 6.08 Å². The molecule has 0 saturated heterocycles. The highest BCUT2D eigenvalue weighted by molar-refractivity contribution is 6.07. The predicted octanol–water partition coefficient (Wildman–Crippen LogP) is 6.35. The van der Waals surface area contributed by atoms with Crippen molar-refractivity contribution < 1.29 is 14.3 Å². The summed E-state index contributed by atoms with van der Waals surface area (Å²) in [5.41, 5.74) is 4.31. The number of allylic oxidation sites excluding steroid dienone is 2. The lowest BCUT2D eigenvalue weighted by atomic mass is 9.88. The minimum atomic E-state index is -0.361. The Hall–Kier alpha value is -3.98. The fourth-order valence-corrected chi connectivity index (χ4v) is 3.78. The summed E-state index contributed by atoms with van der Waals surface area (Å²) in [5.74, 6) is 0.141. The lowest BCUT2D eigenvalue weighted by Crippen LogP contribution is -2.05.